The minimum absolute atomic E-state index is 0.195. The highest BCUT2D eigenvalue weighted by atomic mass is 32.2. The Kier molecular flexibility index (Phi) is 5.84. The third-order valence-corrected chi connectivity index (χ3v) is 5.59. The number of carbonyl (C=O) groups is 2. The van der Waals surface area contributed by atoms with Gasteiger partial charge in [0.25, 0.3) is 0 Å². The lowest BCUT2D eigenvalue weighted by molar-refractivity contribution is -0.126. The van der Waals surface area contributed by atoms with Crippen molar-refractivity contribution in [3.8, 4) is 0 Å². The Morgan fingerprint density at radius 2 is 1.80 bits per heavy atom. The molecule has 0 unspecified atom stereocenters. The number of carbonyl (C=O) groups excluding carboxylic acids is 2. The molecule has 0 radical (unpaired) electrons. The lowest BCUT2D eigenvalue weighted by Gasteiger charge is -2.21. The molecule has 25 heavy (non-hydrogen) atoms. The Labute approximate surface area is 148 Å². The standard InChI is InChI=1S/C17H25N3O4S/c1-11-8-12(2)16(13(3)9-11)19-15(21)10-18-17(22)14-6-5-7-20(14)25(4,23)24/h8-9,14H,5-7,10H2,1-4H3,(H,18,22)(H,19,21)/t14-/m0/s1. The van der Waals surface area contributed by atoms with E-state index in [1.165, 1.54) is 4.31 Å². The molecule has 1 aliphatic heterocycles. The van der Waals surface area contributed by atoms with Gasteiger partial charge in [-0.05, 0) is 44.7 Å². The van der Waals surface area contributed by atoms with Gasteiger partial charge in [-0.25, -0.2) is 8.42 Å². The van der Waals surface area contributed by atoms with E-state index in [4.69, 9.17) is 0 Å². The number of nitrogens with zero attached hydrogens (tertiary/aromatic N) is 1. The number of anilines is 1. The van der Waals surface area contributed by atoms with E-state index < -0.39 is 22.0 Å². The largest absolute Gasteiger partial charge is 0.346 e. The van der Waals surface area contributed by atoms with E-state index in [2.05, 4.69) is 10.6 Å². The van der Waals surface area contributed by atoms with E-state index >= 15 is 0 Å². The van der Waals surface area contributed by atoms with Gasteiger partial charge in [0.2, 0.25) is 21.8 Å². The van der Waals surface area contributed by atoms with Crippen LogP contribution >= 0.6 is 0 Å². The van der Waals surface area contributed by atoms with Crippen molar-refractivity contribution in [1.82, 2.24) is 9.62 Å². The highest BCUT2D eigenvalue weighted by Gasteiger charge is 2.36. The fourth-order valence-electron chi connectivity index (χ4n) is 3.25. The third kappa shape index (κ3) is 4.79. The summed E-state index contributed by atoms with van der Waals surface area (Å²) in [6.45, 7) is 5.96. The van der Waals surface area contributed by atoms with E-state index in [0.717, 1.165) is 28.6 Å². The van der Waals surface area contributed by atoms with E-state index in [1.807, 2.05) is 32.9 Å². The van der Waals surface area contributed by atoms with Crippen LogP contribution in [0.4, 0.5) is 5.69 Å². The van der Waals surface area contributed by atoms with Gasteiger partial charge in [0.05, 0.1) is 12.8 Å². The first-order chi connectivity index (χ1) is 11.6. The van der Waals surface area contributed by atoms with Crippen molar-refractivity contribution in [2.24, 2.45) is 0 Å². The average molecular weight is 367 g/mol. The van der Waals surface area contributed by atoms with Crippen LogP contribution in [0.2, 0.25) is 0 Å². The highest BCUT2D eigenvalue weighted by Crippen LogP contribution is 2.22. The minimum Gasteiger partial charge on any atom is -0.346 e. The fraction of sp³-hybridized carbons (Fsp3) is 0.529. The van der Waals surface area contributed by atoms with Crippen LogP contribution in [-0.2, 0) is 19.6 Å². The summed E-state index contributed by atoms with van der Waals surface area (Å²) in [5, 5.41) is 5.35. The maximum absolute atomic E-state index is 12.2. The quantitative estimate of drug-likeness (QED) is 0.814. The molecule has 7 nitrogen and oxygen atoms in total. The maximum atomic E-state index is 12.2. The summed E-state index contributed by atoms with van der Waals surface area (Å²) >= 11 is 0. The molecule has 2 rings (SSSR count). The van der Waals surface area contributed by atoms with Crippen molar-refractivity contribution in [1.29, 1.82) is 0 Å². The topological polar surface area (TPSA) is 95.6 Å². The van der Waals surface area contributed by atoms with Gasteiger partial charge in [0.15, 0.2) is 0 Å². The molecule has 0 aromatic heterocycles. The number of nitrogens with one attached hydrogen (secondary N) is 2. The first kappa shape index (κ1) is 19.4. The Hall–Kier alpha value is -1.93. The molecular formula is C17H25N3O4S. The summed E-state index contributed by atoms with van der Waals surface area (Å²) in [6.07, 6.45) is 2.20. The van der Waals surface area contributed by atoms with Crippen LogP contribution in [0.5, 0.6) is 0 Å². The van der Waals surface area contributed by atoms with E-state index in [-0.39, 0.29) is 12.5 Å². The Morgan fingerprint density at radius 1 is 1.20 bits per heavy atom. The summed E-state index contributed by atoms with van der Waals surface area (Å²) in [6, 6.07) is 3.22. The summed E-state index contributed by atoms with van der Waals surface area (Å²) in [4.78, 5) is 24.4. The van der Waals surface area contributed by atoms with Crippen LogP contribution in [0.25, 0.3) is 0 Å². The molecule has 1 saturated heterocycles. The molecule has 138 valence electrons. The number of amides is 2. The normalized spacial score (nSPS) is 18.2. The van der Waals surface area contributed by atoms with Gasteiger partial charge in [-0.2, -0.15) is 4.31 Å². The van der Waals surface area contributed by atoms with Crippen LogP contribution in [0, 0.1) is 20.8 Å². The molecule has 2 amide bonds. The molecule has 8 heteroatoms. The molecule has 1 heterocycles. The molecule has 0 aliphatic carbocycles. The summed E-state index contributed by atoms with van der Waals surface area (Å²) < 4.78 is 24.6. The van der Waals surface area contributed by atoms with Crippen LogP contribution in [0.3, 0.4) is 0 Å². The lowest BCUT2D eigenvalue weighted by atomic mass is 10.1. The molecule has 1 atom stereocenters. The first-order valence-electron chi connectivity index (χ1n) is 8.22. The molecule has 2 N–H and O–H groups in total. The Morgan fingerprint density at radius 3 is 2.36 bits per heavy atom. The number of sulfonamides is 1. The predicted molar refractivity (Wildman–Crippen MR) is 96.9 cm³/mol. The van der Waals surface area contributed by atoms with Crippen molar-refractivity contribution < 1.29 is 18.0 Å². The summed E-state index contributed by atoms with van der Waals surface area (Å²) in [5.74, 6) is -0.775. The number of hydrogen-bond acceptors (Lipinski definition) is 4. The van der Waals surface area contributed by atoms with Gasteiger partial charge in [0, 0.05) is 12.2 Å². The summed E-state index contributed by atoms with van der Waals surface area (Å²) in [7, 11) is -3.43. The SMILES string of the molecule is Cc1cc(C)c(NC(=O)CNC(=O)[C@@H]2CCCN2S(C)(=O)=O)c(C)c1. The highest BCUT2D eigenvalue weighted by molar-refractivity contribution is 7.88. The lowest BCUT2D eigenvalue weighted by Crippen LogP contribution is -2.47. The van der Waals surface area contributed by atoms with Crippen molar-refractivity contribution in [2.45, 2.75) is 39.7 Å². The third-order valence-electron chi connectivity index (χ3n) is 4.30. The number of aryl methyl sites for hydroxylation is 3. The second-order valence-electron chi connectivity index (χ2n) is 6.57. The van der Waals surface area contributed by atoms with Crippen LogP contribution < -0.4 is 10.6 Å². The van der Waals surface area contributed by atoms with Crippen molar-refractivity contribution in [2.75, 3.05) is 24.7 Å². The smallest absolute Gasteiger partial charge is 0.243 e. The van der Waals surface area contributed by atoms with Gasteiger partial charge in [-0.15, -0.1) is 0 Å². The van der Waals surface area contributed by atoms with Crippen LogP contribution in [0.1, 0.15) is 29.5 Å². The Balaban J connectivity index is 1.95. The first-order valence-corrected chi connectivity index (χ1v) is 10.1. The number of benzene rings is 1. The van der Waals surface area contributed by atoms with E-state index in [1.54, 1.807) is 0 Å². The summed E-state index contributed by atoms with van der Waals surface area (Å²) in [5.41, 5.74) is 3.76. The molecule has 1 aromatic carbocycles. The fourth-order valence-corrected chi connectivity index (χ4v) is 4.37. The molecular weight excluding hydrogens is 342 g/mol. The zero-order chi connectivity index (χ0) is 18.8. The molecule has 1 aliphatic rings. The second kappa shape index (κ2) is 7.53. The van der Waals surface area contributed by atoms with Crippen LogP contribution in [0.15, 0.2) is 12.1 Å². The van der Waals surface area contributed by atoms with Gasteiger partial charge in [0.1, 0.15) is 6.04 Å². The van der Waals surface area contributed by atoms with Crippen LogP contribution in [-0.4, -0.2) is 49.9 Å². The zero-order valence-corrected chi connectivity index (χ0v) is 15.9. The minimum atomic E-state index is -3.43. The van der Waals surface area contributed by atoms with E-state index in [9.17, 15) is 18.0 Å². The van der Waals surface area contributed by atoms with Crippen molar-refractivity contribution >= 4 is 27.5 Å². The van der Waals surface area contributed by atoms with Gasteiger partial charge in [-0.1, -0.05) is 17.7 Å². The molecule has 0 saturated carbocycles. The zero-order valence-electron chi connectivity index (χ0n) is 15.0. The predicted octanol–water partition coefficient (Wildman–Crippen LogP) is 1.09. The average Bonchev–Trinajstić information content (AvgIpc) is 2.98. The Bertz CT molecular complexity index is 766. The van der Waals surface area contributed by atoms with Gasteiger partial charge >= 0.3 is 0 Å². The second-order valence-corrected chi connectivity index (χ2v) is 8.51. The monoisotopic (exact) mass is 367 g/mol. The number of hydrogen-bond donors (Lipinski definition) is 2. The number of rotatable bonds is 5. The molecule has 1 aromatic rings. The molecule has 1 fully saturated rings. The maximum Gasteiger partial charge on any atom is 0.243 e. The van der Waals surface area contributed by atoms with Crippen molar-refractivity contribution in [3.05, 3.63) is 28.8 Å². The molecule has 0 bridgehead atoms. The van der Waals surface area contributed by atoms with Gasteiger partial charge < -0.3 is 10.6 Å². The van der Waals surface area contributed by atoms with Crippen molar-refractivity contribution in [3.63, 3.8) is 0 Å². The molecule has 0 spiro atoms. The van der Waals surface area contributed by atoms with Gasteiger partial charge in [-0.3, -0.25) is 9.59 Å². The van der Waals surface area contributed by atoms with E-state index in [0.29, 0.717) is 19.4 Å².